The van der Waals surface area contributed by atoms with E-state index < -0.39 is 27.7 Å². The van der Waals surface area contributed by atoms with Crippen molar-refractivity contribution in [2.45, 2.75) is 18.1 Å². The summed E-state index contributed by atoms with van der Waals surface area (Å²) in [7, 11) is -12.4. The third kappa shape index (κ3) is 3.45. The summed E-state index contributed by atoms with van der Waals surface area (Å²) in [5.74, 6) is -11.7. The average molecular weight is 278 g/mol. The van der Waals surface area contributed by atoms with Gasteiger partial charge in [0.1, 0.15) is 0 Å². The molecule has 12 heteroatoms. The van der Waals surface area contributed by atoms with Gasteiger partial charge in [0.25, 0.3) is 0 Å². The van der Waals surface area contributed by atoms with Crippen LogP contribution in [-0.4, -0.2) is 29.7 Å². The molecule has 0 aromatic rings. The van der Waals surface area contributed by atoms with Crippen LogP contribution >= 0.6 is 7.82 Å². The Morgan fingerprint density at radius 2 is 1.33 bits per heavy atom. The van der Waals surface area contributed by atoms with Gasteiger partial charge in [-0.3, -0.25) is 0 Å². The molecule has 0 saturated carbocycles. The largest absolute Gasteiger partial charge is 0.460 e. The zero-order valence-electron chi connectivity index (χ0n) is 6.93. The molecule has 0 saturated heterocycles. The van der Waals surface area contributed by atoms with Gasteiger partial charge in [0.15, 0.2) is 0 Å². The number of halogens is 6. The van der Waals surface area contributed by atoms with Crippen molar-refractivity contribution in [3.8, 4) is 0 Å². The van der Waals surface area contributed by atoms with Gasteiger partial charge in [0, 0.05) is 0 Å². The summed E-state index contributed by atoms with van der Waals surface area (Å²) in [6, 6.07) is 0. The highest BCUT2D eigenvalue weighted by molar-refractivity contribution is 7.48. The van der Waals surface area contributed by atoms with Crippen molar-refractivity contribution in [1.29, 1.82) is 0 Å². The second kappa shape index (κ2) is 3.73. The summed E-state index contributed by atoms with van der Waals surface area (Å²) in [5, 5.41) is 0. The van der Waals surface area contributed by atoms with Gasteiger partial charge in [-0.25, -0.2) is 4.57 Å². The maximum atomic E-state index is 12.0. The molecule has 0 spiro atoms. The Morgan fingerprint density at radius 1 is 1.07 bits per heavy atom. The first-order chi connectivity index (χ1) is 6.21. The fourth-order valence-electron chi connectivity index (χ4n) is 0.502. The van der Waals surface area contributed by atoms with Gasteiger partial charge in [-0.1, -0.05) is 0 Å². The summed E-state index contributed by atoms with van der Waals surface area (Å²) in [6.45, 7) is -0.369. The van der Waals surface area contributed by atoms with Crippen LogP contribution in [0, 0.1) is 0 Å². The van der Waals surface area contributed by atoms with Crippen LogP contribution < -0.4 is 0 Å². The molecular weight excluding hydrogens is 273 g/mol. The normalized spacial score (nSPS) is 15.5. The van der Waals surface area contributed by atoms with Gasteiger partial charge in [0.05, 0.1) is 0 Å². The highest BCUT2D eigenvalue weighted by atomic mass is 31.2. The zero-order chi connectivity index (χ0) is 12.7. The minimum absolute atomic E-state index is 0.369. The Kier molecular flexibility index (Phi) is 3.71. The smallest absolute Gasteiger partial charge is 0.308 e. The molecule has 4 nitrogen and oxygen atoms in total. The number of rotatable bonds is 2. The SMILES string of the molecule is C[Si](OP(=O)(O)O)(C(F)(F)F)C(F)(F)F. The molecule has 0 amide bonds. The lowest BCUT2D eigenvalue weighted by atomic mass is 11.5. The predicted molar refractivity (Wildman–Crippen MR) is 36.9 cm³/mol. The molecule has 0 atom stereocenters. The van der Waals surface area contributed by atoms with E-state index in [0.29, 0.717) is 0 Å². The molecule has 0 rings (SSSR count). The third-order valence-electron chi connectivity index (χ3n) is 1.38. The van der Waals surface area contributed by atoms with Crippen LogP contribution in [0.15, 0.2) is 0 Å². The van der Waals surface area contributed by atoms with Crippen LogP contribution in [0.5, 0.6) is 0 Å². The van der Waals surface area contributed by atoms with Gasteiger partial charge in [-0.15, -0.1) is 0 Å². The fourth-order valence-corrected chi connectivity index (χ4v) is 3.55. The maximum absolute atomic E-state index is 12.0. The van der Waals surface area contributed by atoms with Crippen molar-refractivity contribution in [2.24, 2.45) is 0 Å². The Bertz CT molecular complexity index is 265. The molecule has 0 aliphatic carbocycles. The molecule has 0 unspecified atom stereocenters. The van der Waals surface area contributed by atoms with E-state index in [-0.39, 0.29) is 6.55 Å². The summed E-state index contributed by atoms with van der Waals surface area (Å²) in [5.41, 5.74) is 0. The van der Waals surface area contributed by atoms with Crippen LogP contribution in [0.25, 0.3) is 0 Å². The Hall–Kier alpha value is -0.0931. The predicted octanol–water partition coefficient (Wildman–Crippen LogP) is 1.87. The first-order valence-corrected chi connectivity index (χ1v) is 7.04. The third-order valence-corrected chi connectivity index (χ3v) is 5.96. The maximum Gasteiger partial charge on any atom is 0.460 e. The highest BCUT2D eigenvalue weighted by Gasteiger charge is 2.75. The van der Waals surface area contributed by atoms with E-state index in [0.717, 1.165) is 0 Å². The highest BCUT2D eigenvalue weighted by Crippen LogP contribution is 2.50. The minimum atomic E-state index is -6.55. The lowest BCUT2D eigenvalue weighted by Crippen LogP contribution is -2.61. The van der Waals surface area contributed by atoms with Crippen LogP contribution in [-0.2, 0) is 8.78 Å². The van der Waals surface area contributed by atoms with E-state index in [1.807, 2.05) is 0 Å². The zero-order valence-corrected chi connectivity index (χ0v) is 8.82. The van der Waals surface area contributed by atoms with E-state index in [1.54, 1.807) is 0 Å². The molecule has 0 radical (unpaired) electrons. The molecule has 0 aromatic carbocycles. The Morgan fingerprint density at radius 3 is 1.40 bits per heavy atom. The van der Waals surface area contributed by atoms with E-state index in [1.165, 1.54) is 0 Å². The summed E-state index contributed by atoms with van der Waals surface area (Å²) in [4.78, 5) is 16.0. The fraction of sp³-hybridized carbons (Fsp3) is 1.00. The molecule has 0 fully saturated rings. The lowest BCUT2D eigenvalue weighted by Gasteiger charge is -2.30. The topological polar surface area (TPSA) is 66.8 Å². The average Bonchev–Trinajstić information content (AvgIpc) is 1.77. The number of hydrogen-bond donors (Lipinski definition) is 2. The molecule has 0 aromatic heterocycles. The van der Waals surface area contributed by atoms with E-state index in [2.05, 4.69) is 4.21 Å². The van der Waals surface area contributed by atoms with Gasteiger partial charge in [-0.05, 0) is 6.55 Å². The van der Waals surface area contributed by atoms with Crippen LogP contribution in [0.2, 0.25) is 6.55 Å². The van der Waals surface area contributed by atoms with Crippen molar-refractivity contribution < 1.29 is 44.9 Å². The molecule has 2 N–H and O–H groups in total. The first kappa shape index (κ1) is 14.9. The molecular formula is C3H5F6O4PSi. The van der Waals surface area contributed by atoms with Crippen molar-refractivity contribution in [3.05, 3.63) is 0 Å². The standard InChI is InChI=1S/C3H5F6O4PSi/c1-15(2(4,5)6,3(7,8)9)13-14(10,11)12/h1H3,(H2,10,11,12). The van der Waals surface area contributed by atoms with Gasteiger partial charge in [0.2, 0.25) is 0 Å². The number of alkyl halides is 6. The Labute approximate surface area is 80.2 Å². The summed E-state index contributed by atoms with van der Waals surface area (Å²) < 4.78 is 85.0. The van der Waals surface area contributed by atoms with Gasteiger partial charge < -0.3 is 14.0 Å². The number of hydrogen-bond acceptors (Lipinski definition) is 2. The summed E-state index contributed by atoms with van der Waals surface area (Å²) >= 11 is 0. The summed E-state index contributed by atoms with van der Waals surface area (Å²) in [6.07, 6.45) is 0. The van der Waals surface area contributed by atoms with Crippen molar-refractivity contribution in [2.75, 3.05) is 0 Å². The van der Waals surface area contributed by atoms with Crippen LogP contribution in [0.4, 0.5) is 26.3 Å². The molecule has 0 bridgehead atoms. The van der Waals surface area contributed by atoms with Crippen molar-refractivity contribution >= 4 is 16.1 Å². The van der Waals surface area contributed by atoms with Crippen LogP contribution in [0.1, 0.15) is 0 Å². The van der Waals surface area contributed by atoms with E-state index in [9.17, 15) is 30.9 Å². The van der Waals surface area contributed by atoms with Crippen molar-refractivity contribution in [3.63, 3.8) is 0 Å². The molecule has 92 valence electrons. The van der Waals surface area contributed by atoms with Crippen molar-refractivity contribution in [1.82, 2.24) is 0 Å². The minimum Gasteiger partial charge on any atom is -0.308 e. The van der Waals surface area contributed by atoms with Gasteiger partial charge >= 0.3 is 27.7 Å². The molecule has 15 heavy (non-hydrogen) atoms. The van der Waals surface area contributed by atoms with E-state index >= 15 is 0 Å². The quantitative estimate of drug-likeness (QED) is 0.460. The first-order valence-electron chi connectivity index (χ1n) is 3.10. The second-order valence-electron chi connectivity index (χ2n) is 2.61. The second-order valence-corrected chi connectivity index (χ2v) is 7.52. The molecule has 0 aliphatic rings. The molecule has 0 heterocycles. The number of phosphoric acid groups is 1. The van der Waals surface area contributed by atoms with Gasteiger partial charge in [-0.2, -0.15) is 26.3 Å². The monoisotopic (exact) mass is 278 g/mol. The Balaban J connectivity index is 5.35. The van der Waals surface area contributed by atoms with Crippen LogP contribution in [0.3, 0.4) is 0 Å². The van der Waals surface area contributed by atoms with E-state index in [4.69, 9.17) is 9.79 Å². The molecule has 0 aliphatic heterocycles. The lowest BCUT2D eigenvalue weighted by molar-refractivity contribution is -0.130.